The fraction of sp³-hybridized carbons (Fsp3) is 0.733. The minimum atomic E-state index is 0.629. The summed E-state index contributed by atoms with van der Waals surface area (Å²) >= 11 is 6.24. The van der Waals surface area contributed by atoms with Gasteiger partial charge in [0, 0.05) is 18.2 Å². The average Bonchev–Trinajstić information content (AvgIpc) is 3.09. The molecule has 2 aliphatic rings. The quantitative estimate of drug-likeness (QED) is 0.787. The number of nitrogens with zero attached hydrogens (tertiary/aromatic N) is 3. The van der Waals surface area contributed by atoms with Crippen molar-refractivity contribution in [2.45, 2.75) is 57.9 Å². The van der Waals surface area contributed by atoms with E-state index in [9.17, 15) is 0 Å². The van der Waals surface area contributed by atoms with E-state index in [2.05, 4.69) is 21.8 Å². The van der Waals surface area contributed by atoms with Gasteiger partial charge in [0.1, 0.15) is 17.3 Å². The summed E-state index contributed by atoms with van der Waals surface area (Å²) in [5, 5.41) is 0.629. The van der Waals surface area contributed by atoms with Crippen LogP contribution in [0.2, 0.25) is 5.15 Å². The summed E-state index contributed by atoms with van der Waals surface area (Å²) in [5.74, 6) is 1.96. The lowest BCUT2D eigenvalue weighted by Crippen LogP contribution is -2.36. The second kappa shape index (κ2) is 5.66. The van der Waals surface area contributed by atoms with Crippen molar-refractivity contribution < 1.29 is 0 Å². The molecule has 19 heavy (non-hydrogen) atoms. The molecule has 0 aromatic carbocycles. The maximum absolute atomic E-state index is 6.24. The summed E-state index contributed by atoms with van der Waals surface area (Å²) in [6, 6.07) is 0.679. The molecule has 1 atom stereocenters. The molecule has 1 aromatic heterocycles. The second-order valence-electron chi connectivity index (χ2n) is 5.77. The fourth-order valence-electron chi connectivity index (χ4n) is 3.82. The highest BCUT2D eigenvalue weighted by molar-refractivity contribution is 6.30. The van der Waals surface area contributed by atoms with Crippen LogP contribution in [0.25, 0.3) is 0 Å². The van der Waals surface area contributed by atoms with Gasteiger partial charge in [0.05, 0.1) is 0 Å². The van der Waals surface area contributed by atoms with E-state index < -0.39 is 0 Å². The summed E-state index contributed by atoms with van der Waals surface area (Å²) in [6.07, 6.45) is 10.7. The molecule has 104 valence electrons. The van der Waals surface area contributed by atoms with Gasteiger partial charge < -0.3 is 4.90 Å². The topological polar surface area (TPSA) is 29.0 Å². The Morgan fingerprint density at radius 2 is 2.00 bits per heavy atom. The van der Waals surface area contributed by atoms with E-state index in [4.69, 9.17) is 11.6 Å². The van der Waals surface area contributed by atoms with Crippen molar-refractivity contribution in [3.63, 3.8) is 0 Å². The molecule has 0 radical (unpaired) electrons. The van der Waals surface area contributed by atoms with E-state index >= 15 is 0 Å². The molecule has 2 fully saturated rings. The minimum absolute atomic E-state index is 0.629. The van der Waals surface area contributed by atoms with Crippen LogP contribution in [0.4, 0.5) is 5.82 Å². The highest BCUT2D eigenvalue weighted by Crippen LogP contribution is 2.38. The Labute approximate surface area is 120 Å². The van der Waals surface area contributed by atoms with Crippen LogP contribution in [0.1, 0.15) is 51.0 Å². The Balaban J connectivity index is 1.89. The Hall–Kier alpha value is -0.830. The van der Waals surface area contributed by atoms with E-state index in [0.717, 1.165) is 30.3 Å². The van der Waals surface area contributed by atoms with Crippen LogP contribution in [0, 0.1) is 5.92 Å². The van der Waals surface area contributed by atoms with Crippen LogP contribution < -0.4 is 4.90 Å². The van der Waals surface area contributed by atoms with Crippen molar-refractivity contribution in [2.75, 3.05) is 11.4 Å². The summed E-state index contributed by atoms with van der Waals surface area (Å²) in [4.78, 5) is 11.2. The average molecular weight is 280 g/mol. The maximum Gasteiger partial charge on any atom is 0.137 e. The minimum Gasteiger partial charge on any atom is -0.353 e. The van der Waals surface area contributed by atoms with Crippen LogP contribution in [0.15, 0.2) is 6.33 Å². The first-order chi connectivity index (χ1) is 9.31. The van der Waals surface area contributed by atoms with E-state index in [1.807, 2.05) is 0 Å². The first-order valence-electron chi connectivity index (χ1n) is 7.57. The smallest absolute Gasteiger partial charge is 0.137 e. The third-order valence-electron chi connectivity index (χ3n) is 4.74. The first kappa shape index (κ1) is 13.2. The predicted molar refractivity (Wildman–Crippen MR) is 78.7 cm³/mol. The van der Waals surface area contributed by atoms with Crippen molar-refractivity contribution in [2.24, 2.45) is 5.92 Å². The van der Waals surface area contributed by atoms with Crippen molar-refractivity contribution in [3.8, 4) is 0 Å². The van der Waals surface area contributed by atoms with Gasteiger partial charge >= 0.3 is 0 Å². The SMILES string of the molecule is CCc1c(Cl)ncnc1N1CCCC1C1CCCC1. The summed E-state index contributed by atoms with van der Waals surface area (Å²) in [5.41, 5.74) is 1.12. The predicted octanol–water partition coefficient (Wildman–Crippen LogP) is 3.85. The normalized spacial score (nSPS) is 24.3. The molecule has 2 heterocycles. The van der Waals surface area contributed by atoms with E-state index in [1.165, 1.54) is 38.5 Å². The van der Waals surface area contributed by atoms with Crippen LogP contribution in [-0.2, 0) is 6.42 Å². The van der Waals surface area contributed by atoms with Gasteiger partial charge in [0.15, 0.2) is 0 Å². The summed E-state index contributed by atoms with van der Waals surface area (Å²) in [7, 11) is 0. The first-order valence-corrected chi connectivity index (χ1v) is 7.95. The number of aromatic nitrogens is 2. The van der Waals surface area contributed by atoms with Crippen LogP contribution in [0.3, 0.4) is 0 Å². The maximum atomic E-state index is 6.24. The molecule has 3 nitrogen and oxygen atoms in total. The summed E-state index contributed by atoms with van der Waals surface area (Å²) in [6.45, 7) is 3.26. The van der Waals surface area contributed by atoms with Gasteiger partial charge in [-0.15, -0.1) is 0 Å². The molecule has 0 amide bonds. The number of anilines is 1. The zero-order valence-corrected chi connectivity index (χ0v) is 12.4. The van der Waals surface area contributed by atoms with Gasteiger partial charge in [-0.05, 0) is 38.0 Å². The monoisotopic (exact) mass is 279 g/mol. The van der Waals surface area contributed by atoms with Crippen LogP contribution in [-0.4, -0.2) is 22.6 Å². The third kappa shape index (κ3) is 2.45. The zero-order valence-electron chi connectivity index (χ0n) is 11.6. The van der Waals surface area contributed by atoms with Crippen molar-refractivity contribution in [1.29, 1.82) is 0 Å². The van der Waals surface area contributed by atoms with Gasteiger partial charge in [-0.1, -0.05) is 31.4 Å². The molecule has 3 rings (SSSR count). The van der Waals surface area contributed by atoms with Gasteiger partial charge in [0.25, 0.3) is 0 Å². The van der Waals surface area contributed by atoms with Crippen LogP contribution in [0.5, 0.6) is 0 Å². The van der Waals surface area contributed by atoms with E-state index in [-0.39, 0.29) is 0 Å². The summed E-state index contributed by atoms with van der Waals surface area (Å²) < 4.78 is 0. The molecular weight excluding hydrogens is 258 g/mol. The Bertz CT molecular complexity index is 443. The third-order valence-corrected chi connectivity index (χ3v) is 5.06. The Morgan fingerprint density at radius 3 is 2.74 bits per heavy atom. The van der Waals surface area contributed by atoms with Gasteiger partial charge in [-0.2, -0.15) is 0 Å². The lowest BCUT2D eigenvalue weighted by molar-refractivity contribution is 0.428. The molecule has 4 heteroatoms. The molecule has 0 N–H and O–H groups in total. The lowest BCUT2D eigenvalue weighted by Gasteiger charge is -2.31. The van der Waals surface area contributed by atoms with Gasteiger partial charge in [0.2, 0.25) is 0 Å². The van der Waals surface area contributed by atoms with Gasteiger partial charge in [-0.3, -0.25) is 0 Å². The fourth-order valence-corrected chi connectivity index (χ4v) is 4.08. The number of halogens is 1. The Kier molecular flexibility index (Phi) is 3.92. The molecular formula is C15H22ClN3. The Morgan fingerprint density at radius 1 is 1.21 bits per heavy atom. The molecule has 1 unspecified atom stereocenters. The largest absolute Gasteiger partial charge is 0.353 e. The lowest BCUT2D eigenvalue weighted by atomic mass is 9.96. The van der Waals surface area contributed by atoms with Crippen molar-refractivity contribution in [3.05, 3.63) is 17.0 Å². The molecule has 1 aliphatic heterocycles. The molecule has 0 spiro atoms. The highest BCUT2D eigenvalue weighted by atomic mass is 35.5. The number of hydrogen-bond donors (Lipinski definition) is 0. The number of rotatable bonds is 3. The van der Waals surface area contributed by atoms with Crippen molar-refractivity contribution >= 4 is 17.4 Å². The molecule has 0 bridgehead atoms. The van der Waals surface area contributed by atoms with Gasteiger partial charge in [-0.25, -0.2) is 9.97 Å². The second-order valence-corrected chi connectivity index (χ2v) is 6.13. The molecule has 1 saturated heterocycles. The highest BCUT2D eigenvalue weighted by Gasteiger charge is 2.35. The van der Waals surface area contributed by atoms with Crippen molar-refractivity contribution in [1.82, 2.24) is 9.97 Å². The molecule has 1 aliphatic carbocycles. The zero-order chi connectivity index (χ0) is 13.2. The van der Waals surface area contributed by atoms with E-state index in [1.54, 1.807) is 6.33 Å². The number of hydrogen-bond acceptors (Lipinski definition) is 3. The molecule has 1 aromatic rings. The molecule has 1 saturated carbocycles. The standard InChI is InChI=1S/C15H22ClN3/c1-2-12-14(16)17-10-18-15(12)19-9-5-8-13(19)11-6-3-4-7-11/h10-11,13H,2-9H2,1H3. The van der Waals surface area contributed by atoms with E-state index in [0.29, 0.717) is 11.2 Å². The van der Waals surface area contributed by atoms with Crippen LogP contribution >= 0.6 is 11.6 Å².